The van der Waals surface area contributed by atoms with Crippen LogP contribution in [0.4, 0.5) is 11.5 Å². The number of rotatable bonds is 9. The van der Waals surface area contributed by atoms with Gasteiger partial charge < -0.3 is 14.9 Å². The molecule has 0 spiro atoms. The van der Waals surface area contributed by atoms with E-state index in [1.165, 1.54) is 0 Å². The first-order valence-electron chi connectivity index (χ1n) is 10.3. The van der Waals surface area contributed by atoms with Gasteiger partial charge in [0.15, 0.2) is 0 Å². The molecular formula is C25H23ClN4O2. The molecule has 6 nitrogen and oxygen atoms in total. The van der Waals surface area contributed by atoms with Crippen LogP contribution in [-0.2, 0) is 4.84 Å². The van der Waals surface area contributed by atoms with Gasteiger partial charge in [-0.2, -0.15) is 0 Å². The first-order valence-corrected chi connectivity index (χ1v) is 10.7. The second-order valence-electron chi connectivity index (χ2n) is 7.08. The Kier molecular flexibility index (Phi) is 7.15. The Bertz CT molecular complexity index is 1210. The number of benzene rings is 3. The molecule has 0 bridgehead atoms. The third kappa shape index (κ3) is 5.53. The van der Waals surface area contributed by atoms with Crippen molar-refractivity contribution >= 4 is 39.7 Å². The molecule has 0 atom stereocenters. The van der Waals surface area contributed by atoms with Crippen LogP contribution in [0.3, 0.4) is 0 Å². The van der Waals surface area contributed by atoms with E-state index in [9.17, 15) is 0 Å². The summed E-state index contributed by atoms with van der Waals surface area (Å²) in [6, 6.07) is 23.3. The lowest BCUT2D eigenvalue weighted by atomic mass is 10.1. The first-order chi connectivity index (χ1) is 15.7. The molecule has 0 aliphatic rings. The molecule has 1 heterocycles. The molecular weight excluding hydrogens is 424 g/mol. The molecule has 3 aromatic carbocycles. The Hall–Kier alpha value is -3.64. The molecule has 0 amide bonds. The molecule has 7 heteroatoms. The number of nitrogens with zero attached hydrogens (tertiary/aromatic N) is 3. The van der Waals surface area contributed by atoms with Crippen molar-refractivity contribution in [3.8, 4) is 5.75 Å². The highest BCUT2D eigenvalue weighted by molar-refractivity contribution is 6.32. The third-order valence-corrected chi connectivity index (χ3v) is 5.10. The fraction of sp³-hybridized carbons (Fsp3) is 0.160. The van der Waals surface area contributed by atoms with Gasteiger partial charge >= 0.3 is 0 Å². The standard InChI is InChI=1S/C25H23ClN4O2/c1-18(30-32-16-6-15-31-24-10-5-3-8-22(24)26)19-11-13-20(14-12-19)29-25-21-7-2-4-9-23(21)27-17-28-25/h2-5,7-14,17H,6,15-16H2,1H3,(H,27,28,29)/b30-18+. The lowest BCUT2D eigenvalue weighted by Gasteiger charge is -2.09. The average Bonchev–Trinajstić information content (AvgIpc) is 2.83. The molecule has 4 rings (SSSR count). The maximum absolute atomic E-state index is 6.07. The molecule has 0 saturated heterocycles. The Morgan fingerprint density at radius 3 is 2.56 bits per heavy atom. The van der Waals surface area contributed by atoms with Crippen molar-refractivity contribution in [2.75, 3.05) is 18.5 Å². The second-order valence-corrected chi connectivity index (χ2v) is 7.49. The summed E-state index contributed by atoms with van der Waals surface area (Å²) in [5.41, 5.74) is 3.62. The van der Waals surface area contributed by atoms with E-state index >= 15 is 0 Å². The Morgan fingerprint density at radius 2 is 1.72 bits per heavy atom. The quantitative estimate of drug-likeness (QED) is 0.187. The number of oxime groups is 1. The van der Waals surface area contributed by atoms with Gasteiger partial charge in [-0.1, -0.05) is 53.2 Å². The summed E-state index contributed by atoms with van der Waals surface area (Å²) in [5, 5.41) is 9.14. The number of hydrogen-bond donors (Lipinski definition) is 1. The highest BCUT2D eigenvalue weighted by atomic mass is 35.5. The van der Waals surface area contributed by atoms with Crippen LogP contribution < -0.4 is 10.1 Å². The van der Waals surface area contributed by atoms with Gasteiger partial charge in [-0.15, -0.1) is 0 Å². The average molecular weight is 447 g/mol. The summed E-state index contributed by atoms with van der Waals surface area (Å²) < 4.78 is 5.64. The van der Waals surface area contributed by atoms with Crippen LogP contribution in [0.2, 0.25) is 5.02 Å². The predicted octanol–water partition coefficient (Wildman–Crippen LogP) is 6.24. The fourth-order valence-electron chi connectivity index (χ4n) is 3.10. The van der Waals surface area contributed by atoms with Gasteiger partial charge in [0.1, 0.15) is 24.5 Å². The van der Waals surface area contributed by atoms with Crippen LogP contribution in [0.25, 0.3) is 10.9 Å². The molecule has 1 N–H and O–H groups in total. The van der Waals surface area contributed by atoms with E-state index in [1.807, 2.05) is 73.7 Å². The van der Waals surface area contributed by atoms with E-state index in [4.69, 9.17) is 21.2 Å². The van der Waals surface area contributed by atoms with Gasteiger partial charge in [0.2, 0.25) is 0 Å². The SMILES string of the molecule is C/C(=N\OCCCOc1ccccc1Cl)c1ccc(Nc2ncnc3ccccc23)cc1. The normalized spacial score (nSPS) is 11.4. The summed E-state index contributed by atoms with van der Waals surface area (Å²) in [4.78, 5) is 14.1. The number of nitrogens with one attached hydrogen (secondary N) is 1. The minimum atomic E-state index is 0.461. The van der Waals surface area contributed by atoms with Crippen LogP contribution in [0.1, 0.15) is 18.9 Å². The van der Waals surface area contributed by atoms with E-state index in [2.05, 4.69) is 20.4 Å². The van der Waals surface area contributed by atoms with Crippen LogP contribution in [0.15, 0.2) is 84.3 Å². The maximum atomic E-state index is 6.07. The fourth-order valence-corrected chi connectivity index (χ4v) is 3.29. The Labute approximate surface area is 191 Å². The highest BCUT2D eigenvalue weighted by Crippen LogP contribution is 2.24. The van der Waals surface area contributed by atoms with Gasteiger partial charge in [0.25, 0.3) is 0 Å². The number of para-hydroxylation sites is 2. The van der Waals surface area contributed by atoms with E-state index in [-0.39, 0.29) is 0 Å². The van der Waals surface area contributed by atoms with Crippen molar-refractivity contribution in [1.29, 1.82) is 0 Å². The van der Waals surface area contributed by atoms with Crippen molar-refractivity contribution in [2.45, 2.75) is 13.3 Å². The zero-order chi connectivity index (χ0) is 22.2. The zero-order valence-electron chi connectivity index (χ0n) is 17.7. The largest absolute Gasteiger partial charge is 0.492 e. The lowest BCUT2D eigenvalue weighted by molar-refractivity contribution is 0.127. The van der Waals surface area contributed by atoms with Gasteiger partial charge in [0, 0.05) is 17.5 Å². The number of anilines is 2. The van der Waals surface area contributed by atoms with Crippen molar-refractivity contribution < 1.29 is 9.57 Å². The van der Waals surface area contributed by atoms with Gasteiger partial charge in [-0.3, -0.25) is 0 Å². The lowest BCUT2D eigenvalue weighted by Crippen LogP contribution is -2.03. The van der Waals surface area contributed by atoms with Crippen molar-refractivity contribution in [2.24, 2.45) is 5.16 Å². The van der Waals surface area contributed by atoms with E-state index in [0.717, 1.165) is 33.7 Å². The van der Waals surface area contributed by atoms with E-state index in [1.54, 1.807) is 12.4 Å². The minimum Gasteiger partial charge on any atom is -0.492 e. The van der Waals surface area contributed by atoms with E-state index < -0.39 is 0 Å². The summed E-state index contributed by atoms with van der Waals surface area (Å²) in [7, 11) is 0. The third-order valence-electron chi connectivity index (χ3n) is 4.78. The molecule has 0 aliphatic carbocycles. The van der Waals surface area contributed by atoms with Crippen LogP contribution in [0.5, 0.6) is 5.75 Å². The van der Waals surface area contributed by atoms with Gasteiger partial charge in [-0.05, 0) is 48.9 Å². The Balaban J connectivity index is 1.27. The van der Waals surface area contributed by atoms with Crippen LogP contribution >= 0.6 is 11.6 Å². The monoisotopic (exact) mass is 446 g/mol. The number of ether oxygens (including phenoxy) is 1. The maximum Gasteiger partial charge on any atom is 0.141 e. The summed E-state index contributed by atoms with van der Waals surface area (Å²) in [5.74, 6) is 1.45. The summed E-state index contributed by atoms with van der Waals surface area (Å²) >= 11 is 6.07. The smallest absolute Gasteiger partial charge is 0.141 e. The molecule has 162 valence electrons. The molecule has 0 aliphatic heterocycles. The second kappa shape index (κ2) is 10.6. The molecule has 0 saturated carbocycles. The topological polar surface area (TPSA) is 68.6 Å². The molecule has 4 aromatic rings. The molecule has 1 aromatic heterocycles. The molecule has 32 heavy (non-hydrogen) atoms. The highest BCUT2D eigenvalue weighted by Gasteiger charge is 2.05. The Morgan fingerprint density at radius 1 is 0.938 bits per heavy atom. The summed E-state index contributed by atoms with van der Waals surface area (Å²) in [6.07, 6.45) is 2.27. The number of halogens is 1. The molecule has 0 radical (unpaired) electrons. The summed E-state index contributed by atoms with van der Waals surface area (Å²) in [6.45, 7) is 2.89. The minimum absolute atomic E-state index is 0.461. The van der Waals surface area contributed by atoms with Crippen molar-refractivity contribution in [1.82, 2.24) is 9.97 Å². The number of aromatic nitrogens is 2. The predicted molar refractivity (Wildman–Crippen MR) is 129 cm³/mol. The number of hydrogen-bond acceptors (Lipinski definition) is 6. The zero-order valence-corrected chi connectivity index (χ0v) is 18.4. The van der Waals surface area contributed by atoms with Crippen molar-refractivity contribution in [3.63, 3.8) is 0 Å². The van der Waals surface area contributed by atoms with Crippen molar-refractivity contribution in [3.05, 3.63) is 89.7 Å². The molecule has 0 fully saturated rings. The van der Waals surface area contributed by atoms with Gasteiger partial charge in [0.05, 0.1) is 22.9 Å². The first kappa shape index (κ1) is 21.6. The van der Waals surface area contributed by atoms with Crippen LogP contribution in [-0.4, -0.2) is 28.9 Å². The van der Waals surface area contributed by atoms with E-state index in [0.29, 0.717) is 30.4 Å². The van der Waals surface area contributed by atoms with Crippen LogP contribution in [0, 0.1) is 0 Å². The number of fused-ring (bicyclic) bond motifs is 1. The van der Waals surface area contributed by atoms with Gasteiger partial charge in [-0.25, -0.2) is 9.97 Å². The molecule has 0 unspecified atom stereocenters.